The maximum atomic E-state index is 12.5. The third kappa shape index (κ3) is 5.93. The summed E-state index contributed by atoms with van der Waals surface area (Å²) in [5.41, 5.74) is 0.282. The average Bonchev–Trinajstić information content (AvgIpc) is 2.35. The molecule has 1 aromatic carbocycles. The Morgan fingerprint density at radius 2 is 1.82 bits per heavy atom. The molecule has 2 atom stereocenters. The fraction of sp³-hybridized carbons (Fsp3) is 0.500. The van der Waals surface area contributed by atoms with E-state index in [0.717, 1.165) is 0 Å². The Morgan fingerprint density at radius 1 is 1.23 bits per heavy atom. The Morgan fingerprint density at radius 3 is 2.36 bits per heavy atom. The van der Waals surface area contributed by atoms with Crippen molar-refractivity contribution in [1.29, 1.82) is 0 Å². The van der Waals surface area contributed by atoms with Gasteiger partial charge in [0.05, 0.1) is 17.3 Å². The van der Waals surface area contributed by atoms with Crippen molar-refractivity contribution >= 4 is 17.4 Å². The summed E-state index contributed by atoms with van der Waals surface area (Å²) in [6, 6.07) is 6.06. The first kappa shape index (κ1) is 18.3. The summed E-state index contributed by atoms with van der Waals surface area (Å²) in [5, 5.41) is 15.1. The van der Waals surface area contributed by atoms with Crippen LogP contribution in [0.4, 0.5) is 5.69 Å². The number of aliphatic hydroxyl groups excluding tert-OH is 1. The molecule has 0 aromatic heterocycles. The summed E-state index contributed by atoms with van der Waals surface area (Å²) < 4.78 is 5.31. The number of hydrogen-bond donors (Lipinski definition) is 3. The van der Waals surface area contributed by atoms with E-state index in [1.807, 2.05) is 0 Å². The minimum Gasteiger partial charge on any atom is -0.356 e. The van der Waals surface area contributed by atoms with Crippen LogP contribution in [-0.2, 0) is 9.53 Å². The quantitative estimate of drug-likeness (QED) is 0.552. The van der Waals surface area contributed by atoms with Gasteiger partial charge in [-0.05, 0) is 39.8 Å². The van der Waals surface area contributed by atoms with Gasteiger partial charge in [0, 0.05) is 12.5 Å². The van der Waals surface area contributed by atoms with Crippen LogP contribution in [0.2, 0.25) is 0 Å². The second-order valence-corrected chi connectivity index (χ2v) is 6.06. The van der Waals surface area contributed by atoms with E-state index < -0.39 is 18.1 Å². The largest absolute Gasteiger partial charge is 0.356 e. The topological polar surface area (TPSA) is 87.7 Å². The van der Waals surface area contributed by atoms with E-state index in [-0.39, 0.29) is 11.7 Å². The molecule has 0 fully saturated rings. The van der Waals surface area contributed by atoms with Gasteiger partial charge in [-0.3, -0.25) is 14.9 Å². The lowest BCUT2D eigenvalue weighted by Gasteiger charge is -2.26. The monoisotopic (exact) mass is 308 g/mol. The van der Waals surface area contributed by atoms with Gasteiger partial charge in [-0.15, -0.1) is 0 Å². The zero-order valence-corrected chi connectivity index (χ0v) is 13.6. The molecule has 0 spiro atoms. The molecule has 0 bridgehead atoms. The van der Waals surface area contributed by atoms with Crippen LogP contribution in [0.5, 0.6) is 0 Å². The molecule has 122 valence electrons. The number of hydrogen-bond acceptors (Lipinski definition) is 5. The third-order valence-electron chi connectivity index (χ3n) is 2.75. The summed E-state index contributed by atoms with van der Waals surface area (Å²) in [6.07, 6.45) is -1.26. The molecule has 3 N–H and O–H groups in total. The van der Waals surface area contributed by atoms with Gasteiger partial charge in [0.2, 0.25) is 12.3 Å². The van der Waals surface area contributed by atoms with Gasteiger partial charge in [0.1, 0.15) is 0 Å². The molecule has 2 unspecified atom stereocenters. The number of carbonyl (C=O) groups excluding carboxylic acids is 2. The SMILES string of the molecule is CC(=O)Nc1ccccc1C(=O)C(C)NC(O)OC(C)(C)C. The maximum absolute atomic E-state index is 12.5. The van der Waals surface area contributed by atoms with Crippen molar-refractivity contribution < 1.29 is 19.4 Å². The first-order valence-electron chi connectivity index (χ1n) is 7.13. The third-order valence-corrected chi connectivity index (χ3v) is 2.75. The van der Waals surface area contributed by atoms with Crippen molar-refractivity contribution in [3.8, 4) is 0 Å². The molecule has 0 saturated carbocycles. The normalized spacial score (nSPS) is 14.3. The predicted octanol–water partition coefficient (Wildman–Crippen LogP) is 1.90. The summed E-state index contributed by atoms with van der Waals surface area (Å²) >= 11 is 0. The number of aliphatic hydroxyl groups is 1. The van der Waals surface area contributed by atoms with Crippen LogP contribution in [0.3, 0.4) is 0 Å². The standard InChI is InChI=1S/C16H24N2O4/c1-10(17-15(21)22-16(3,4)5)14(20)12-8-6-7-9-13(12)18-11(2)19/h6-10,15,17,21H,1-5H3,(H,18,19). The Hall–Kier alpha value is -1.76. The van der Waals surface area contributed by atoms with Gasteiger partial charge in [-0.1, -0.05) is 12.1 Å². The molecule has 1 amide bonds. The van der Waals surface area contributed by atoms with Crippen LogP contribution in [-0.4, -0.2) is 34.9 Å². The Bertz CT molecular complexity index is 537. The summed E-state index contributed by atoms with van der Waals surface area (Å²) in [4.78, 5) is 23.7. The molecule has 0 saturated heterocycles. The van der Waals surface area contributed by atoms with Crippen LogP contribution in [0.25, 0.3) is 0 Å². The van der Waals surface area contributed by atoms with Crippen molar-refractivity contribution in [2.45, 2.75) is 52.7 Å². The lowest BCUT2D eigenvalue weighted by Crippen LogP contribution is -2.45. The van der Waals surface area contributed by atoms with Crippen molar-refractivity contribution in [1.82, 2.24) is 5.32 Å². The summed E-state index contributed by atoms with van der Waals surface area (Å²) in [5.74, 6) is -0.502. The van der Waals surface area contributed by atoms with Gasteiger partial charge in [-0.25, -0.2) is 0 Å². The number of benzene rings is 1. The van der Waals surface area contributed by atoms with Crippen LogP contribution >= 0.6 is 0 Å². The van der Waals surface area contributed by atoms with E-state index >= 15 is 0 Å². The average molecular weight is 308 g/mol. The number of rotatable bonds is 6. The van der Waals surface area contributed by atoms with Gasteiger partial charge in [0.15, 0.2) is 5.78 Å². The highest BCUT2D eigenvalue weighted by atomic mass is 16.6. The molecular weight excluding hydrogens is 284 g/mol. The lowest BCUT2D eigenvalue weighted by molar-refractivity contribution is -0.183. The van der Waals surface area contributed by atoms with Crippen molar-refractivity contribution in [3.05, 3.63) is 29.8 Å². The highest BCUT2D eigenvalue weighted by molar-refractivity contribution is 6.06. The molecule has 1 aromatic rings. The summed E-state index contributed by atoms with van der Waals surface area (Å²) in [7, 11) is 0. The van der Waals surface area contributed by atoms with Gasteiger partial charge in [-0.2, -0.15) is 0 Å². The lowest BCUT2D eigenvalue weighted by atomic mass is 10.0. The predicted molar refractivity (Wildman–Crippen MR) is 84.5 cm³/mol. The number of Topliss-reactive ketones (excluding diaryl/α,β-unsaturated/α-hetero) is 1. The number of amides is 1. The molecule has 1 rings (SSSR count). The Balaban J connectivity index is 2.81. The summed E-state index contributed by atoms with van der Waals surface area (Å²) in [6.45, 7) is 8.41. The number of nitrogens with one attached hydrogen (secondary N) is 2. The molecular formula is C16H24N2O4. The molecule has 0 heterocycles. The fourth-order valence-corrected chi connectivity index (χ4v) is 1.89. The van der Waals surface area contributed by atoms with Crippen LogP contribution in [0, 0.1) is 0 Å². The first-order chi connectivity index (χ1) is 10.1. The van der Waals surface area contributed by atoms with E-state index in [2.05, 4.69) is 10.6 Å². The zero-order valence-electron chi connectivity index (χ0n) is 13.6. The van der Waals surface area contributed by atoms with Crippen LogP contribution in [0.15, 0.2) is 24.3 Å². The van der Waals surface area contributed by atoms with Crippen molar-refractivity contribution in [2.24, 2.45) is 0 Å². The smallest absolute Gasteiger partial charge is 0.221 e. The molecule has 6 heteroatoms. The van der Waals surface area contributed by atoms with E-state index in [9.17, 15) is 14.7 Å². The number of ether oxygens (including phenoxy) is 1. The highest BCUT2D eigenvalue weighted by Crippen LogP contribution is 2.17. The van der Waals surface area contributed by atoms with Gasteiger partial charge >= 0.3 is 0 Å². The first-order valence-corrected chi connectivity index (χ1v) is 7.13. The van der Waals surface area contributed by atoms with Crippen LogP contribution in [0.1, 0.15) is 45.0 Å². The zero-order chi connectivity index (χ0) is 16.9. The van der Waals surface area contributed by atoms with Gasteiger partial charge in [0.25, 0.3) is 0 Å². The number of anilines is 1. The minimum absolute atomic E-state index is 0.249. The maximum Gasteiger partial charge on any atom is 0.221 e. The Labute approximate surface area is 130 Å². The fourth-order valence-electron chi connectivity index (χ4n) is 1.89. The number of carbonyl (C=O) groups is 2. The van der Waals surface area contributed by atoms with Crippen molar-refractivity contribution in [2.75, 3.05) is 5.32 Å². The second-order valence-electron chi connectivity index (χ2n) is 6.06. The van der Waals surface area contributed by atoms with E-state index in [1.165, 1.54) is 6.92 Å². The molecule has 22 heavy (non-hydrogen) atoms. The van der Waals surface area contributed by atoms with E-state index in [0.29, 0.717) is 11.3 Å². The van der Waals surface area contributed by atoms with Crippen molar-refractivity contribution in [3.63, 3.8) is 0 Å². The van der Waals surface area contributed by atoms with Gasteiger partial charge < -0.3 is 15.2 Å². The number of ketones is 1. The molecule has 0 aliphatic rings. The van der Waals surface area contributed by atoms with E-state index in [1.54, 1.807) is 52.0 Å². The van der Waals surface area contributed by atoms with E-state index in [4.69, 9.17) is 4.74 Å². The molecule has 6 nitrogen and oxygen atoms in total. The molecule has 0 aliphatic carbocycles. The van der Waals surface area contributed by atoms with Crippen LogP contribution < -0.4 is 10.6 Å². The Kier molecular flexibility index (Phi) is 6.22. The molecule has 0 aliphatic heterocycles. The second kappa shape index (κ2) is 7.49. The minimum atomic E-state index is -1.26. The molecule has 0 radical (unpaired) electrons. The number of para-hydroxylation sites is 1. The highest BCUT2D eigenvalue weighted by Gasteiger charge is 2.23.